The van der Waals surface area contributed by atoms with Crippen LogP contribution < -0.4 is 0 Å². The molecule has 0 spiro atoms. The molecule has 11 aromatic rings. The molecule has 0 saturated heterocycles. The predicted octanol–water partition coefficient (Wildman–Crippen LogP) is 13.0. The molecule has 0 aliphatic carbocycles. The largest absolute Gasteiger partial charge is 0.309 e. The molecule has 11 rings (SSSR count). The molecule has 64 heavy (non-hydrogen) atoms. The van der Waals surface area contributed by atoms with E-state index >= 15 is 0 Å². The fraction of sp³-hybridized carbons (Fsp3) is 0. The first kappa shape index (κ1) is 37.3. The van der Waals surface area contributed by atoms with Gasteiger partial charge in [0.05, 0.1) is 75.5 Å². The molecule has 0 radical (unpaired) electrons. The van der Waals surface area contributed by atoms with Crippen molar-refractivity contribution in [2.24, 2.45) is 0 Å². The number of hydrogen-bond donors (Lipinski definition) is 0. The van der Waals surface area contributed by atoms with E-state index in [0.717, 1.165) is 77.2 Å². The number of aromatic nitrogens is 6. The highest BCUT2D eigenvalue weighted by Gasteiger charge is 2.24. The van der Waals surface area contributed by atoms with E-state index in [9.17, 15) is 10.5 Å². The number of nitrogens with zero attached hydrogens (tertiary/aromatic N) is 10. The zero-order chi connectivity index (χ0) is 43.3. The fourth-order valence-corrected chi connectivity index (χ4v) is 8.60. The molecule has 0 fully saturated rings. The van der Waals surface area contributed by atoms with Crippen molar-refractivity contribution in [3.8, 4) is 68.9 Å². The van der Waals surface area contributed by atoms with Gasteiger partial charge in [0, 0.05) is 39.2 Å². The summed E-state index contributed by atoms with van der Waals surface area (Å²) < 4.78 is 4.29. The molecular weight excluding hydrogens is 789 g/mol. The average molecular weight is 817 g/mol. The molecule has 4 heterocycles. The van der Waals surface area contributed by atoms with Crippen LogP contribution in [0.2, 0.25) is 0 Å². The smallest absolute Gasteiger partial charge is 0.188 e. The normalized spacial score (nSPS) is 11.1. The van der Waals surface area contributed by atoms with Gasteiger partial charge in [-0.2, -0.15) is 10.5 Å². The summed E-state index contributed by atoms with van der Waals surface area (Å²) in [5, 5.41) is 23.2. The van der Waals surface area contributed by atoms with Gasteiger partial charge in [-0.1, -0.05) is 72.8 Å². The van der Waals surface area contributed by atoms with Gasteiger partial charge in [0.1, 0.15) is 0 Å². The number of benzene rings is 7. The summed E-state index contributed by atoms with van der Waals surface area (Å²) in [6, 6.07) is 56.7. The van der Waals surface area contributed by atoms with E-state index in [1.807, 2.05) is 146 Å². The topological polar surface area (TPSA) is 118 Å². The minimum Gasteiger partial charge on any atom is -0.309 e. The van der Waals surface area contributed by atoms with Crippen LogP contribution in [0.15, 0.2) is 170 Å². The van der Waals surface area contributed by atoms with E-state index in [0.29, 0.717) is 45.7 Å². The Hall–Kier alpha value is -9.74. The third kappa shape index (κ3) is 6.08. The first-order valence-corrected chi connectivity index (χ1v) is 20.2. The molecule has 0 unspecified atom stereocenters. The Balaban J connectivity index is 1.24. The van der Waals surface area contributed by atoms with Crippen LogP contribution in [0, 0.1) is 35.8 Å². The SMILES string of the molecule is [C-]#[N+]c1ccc2c(c1)c1cc([N+]#[C-])ccc1n2-c1ccc(-c2nc(-c3ccccc3)nc(-c3ccccc3)n2)cc1-c1ncccc1-n1c2ccc(C#N)cc2c2cc(C#N)ccc21. The van der Waals surface area contributed by atoms with E-state index in [4.69, 9.17) is 33.1 Å². The van der Waals surface area contributed by atoms with Crippen LogP contribution in [0.5, 0.6) is 0 Å². The third-order valence-electron chi connectivity index (χ3n) is 11.5. The van der Waals surface area contributed by atoms with Crippen LogP contribution >= 0.6 is 0 Å². The summed E-state index contributed by atoms with van der Waals surface area (Å²) in [6.07, 6.45) is 1.77. The van der Waals surface area contributed by atoms with Gasteiger partial charge in [-0.15, -0.1) is 0 Å². The van der Waals surface area contributed by atoms with Crippen molar-refractivity contribution in [3.63, 3.8) is 0 Å². The van der Waals surface area contributed by atoms with E-state index in [2.05, 4.69) is 37.0 Å². The molecule has 10 nitrogen and oxygen atoms in total. The first-order valence-electron chi connectivity index (χ1n) is 20.2. The Morgan fingerprint density at radius 2 is 0.906 bits per heavy atom. The van der Waals surface area contributed by atoms with Crippen LogP contribution in [0.3, 0.4) is 0 Å². The lowest BCUT2D eigenvalue weighted by Gasteiger charge is -2.19. The molecule has 294 valence electrons. The van der Waals surface area contributed by atoms with Gasteiger partial charge < -0.3 is 9.13 Å². The Morgan fingerprint density at radius 3 is 1.41 bits per heavy atom. The summed E-state index contributed by atoms with van der Waals surface area (Å²) in [5.74, 6) is 1.52. The highest BCUT2D eigenvalue weighted by molar-refractivity contribution is 6.13. The van der Waals surface area contributed by atoms with E-state index in [-0.39, 0.29) is 0 Å². The summed E-state index contributed by atoms with van der Waals surface area (Å²) in [4.78, 5) is 27.8. The summed E-state index contributed by atoms with van der Waals surface area (Å²) in [7, 11) is 0. The van der Waals surface area contributed by atoms with Crippen LogP contribution in [0.1, 0.15) is 11.1 Å². The van der Waals surface area contributed by atoms with Gasteiger partial charge in [0.2, 0.25) is 0 Å². The van der Waals surface area contributed by atoms with Gasteiger partial charge in [0.15, 0.2) is 28.8 Å². The fourth-order valence-electron chi connectivity index (χ4n) is 8.60. The standard InChI is InChI=1S/C54H28N10/c1-57-38-18-23-47-42(29-38)43-30-39(58-2)19-24-48(43)63(47)49-22-17-37(54-61-52(35-10-5-3-6-11-35)60-53(62-54)36-12-7-4-8-13-36)28-44(49)51-50(14-9-25-59-51)64-45-20-15-33(31-55)26-40(45)41-27-34(32-56)16-21-46(41)64/h3-30H. The quantitative estimate of drug-likeness (QED) is 0.154. The Morgan fingerprint density at radius 1 is 0.438 bits per heavy atom. The van der Waals surface area contributed by atoms with Gasteiger partial charge in [-0.25, -0.2) is 24.6 Å². The maximum Gasteiger partial charge on any atom is 0.188 e. The van der Waals surface area contributed by atoms with Gasteiger partial charge >= 0.3 is 0 Å². The maximum atomic E-state index is 9.94. The third-order valence-corrected chi connectivity index (χ3v) is 11.5. The first-order chi connectivity index (χ1) is 31.5. The molecule has 0 bridgehead atoms. The molecule has 10 heteroatoms. The lowest BCUT2D eigenvalue weighted by Crippen LogP contribution is -2.04. The van der Waals surface area contributed by atoms with Crippen molar-refractivity contribution in [1.82, 2.24) is 29.1 Å². The van der Waals surface area contributed by atoms with Crippen LogP contribution in [-0.2, 0) is 0 Å². The van der Waals surface area contributed by atoms with E-state index < -0.39 is 0 Å². The summed E-state index contributed by atoms with van der Waals surface area (Å²) in [5.41, 5.74) is 10.7. The molecular formula is C54H28N10. The zero-order valence-corrected chi connectivity index (χ0v) is 33.6. The zero-order valence-electron chi connectivity index (χ0n) is 33.6. The summed E-state index contributed by atoms with van der Waals surface area (Å²) in [6.45, 7) is 15.7. The Kier molecular flexibility index (Phi) is 8.77. The Bertz CT molecular complexity index is 3690. The van der Waals surface area contributed by atoms with Crippen LogP contribution in [0.25, 0.3) is 110 Å². The molecule has 4 aromatic heterocycles. The number of nitriles is 2. The number of hydrogen-bond acceptors (Lipinski definition) is 6. The lowest BCUT2D eigenvalue weighted by molar-refractivity contribution is 1.07. The average Bonchev–Trinajstić information content (AvgIpc) is 3.87. The minimum absolute atomic E-state index is 0.466. The second-order valence-electron chi connectivity index (χ2n) is 15.1. The van der Waals surface area contributed by atoms with Gasteiger partial charge in [-0.3, -0.25) is 4.98 Å². The maximum absolute atomic E-state index is 9.94. The number of rotatable bonds is 6. The van der Waals surface area contributed by atoms with Crippen LogP contribution in [0.4, 0.5) is 11.4 Å². The van der Waals surface area contributed by atoms with Crippen molar-refractivity contribution in [3.05, 3.63) is 204 Å². The van der Waals surface area contributed by atoms with Crippen molar-refractivity contribution in [2.75, 3.05) is 0 Å². The molecule has 7 aromatic carbocycles. The molecule has 0 aliphatic rings. The van der Waals surface area contributed by atoms with Crippen molar-refractivity contribution >= 4 is 55.0 Å². The molecule has 0 atom stereocenters. The molecule has 0 saturated carbocycles. The molecule has 0 amide bonds. The second-order valence-corrected chi connectivity index (χ2v) is 15.1. The molecule has 0 aliphatic heterocycles. The lowest BCUT2D eigenvalue weighted by atomic mass is 10.0. The van der Waals surface area contributed by atoms with E-state index in [1.54, 1.807) is 18.3 Å². The van der Waals surface area contributed by atoms with Crippen molar-refractivity contribution < 1.29 is 0 Å². The van der Waals surface area contributed by atoms with Crippen LogP contribution in [-0.4, -0.2) is 29.1 Å². The van der Waals surface area contributed by atoms with Crippen molar-refractivity contribution in [1.29, 1.82) is 10.5 Å². The van der Waals surface area contributed by atoms with Gasteiger partial charge in [0.25, 0.3) is 0 Å². The number of pyridine rings is 1. The Labute approximate surface area is 366 Å². The monoisotopic (exact) mass is 816 g/mol. The van der Waals surface area contributed by atoms with Gasteiger partial charge in [-0.05, 0) is 102 Å². The molecule has 0 N–H and O–H groups in total. The van der Waals surface area contributed by atoms with Crippen molar-refractivity contribution in [2.45, 2.75) is 0 Å². The highest BCUT2D eigenvalue weighted by atomic mass is 15.0. The number of fused-ring (bicyclic) bond motifs is 6. The van der Waals surface area contributed by atoms with E-state index in [1.165, 1.54) is 0 Å². The second kappa shape index (κ2) is 15.1. The predicted molar refractivity (Wildman–Crippen MR) is 250 cm³/mol. The summed E-state index contributed by atoms with van der Waals surface area (Å²) >= 11 is 0. The minimum atomic E-state index is 0.466. The highest BCUT2D eigenvalue weighted by Crippen LogP contribution is 2.43.